The Balaban J connectivity index is 2.35. The summed E-state index contributed by atoms with van der Waals surface area (Å²) in [6.07, 6.45) is 0.774. The number of nitrogens with zero attached hydrogens (tertiary/aromatic N) is 1. The van der Waals surface area contributed by atoms with E-state index in [0.29, 0.717) is 22.5 Å². The summed E-state index contributed by atoms with van der Waals surface area (Å²) in [4.78, 5) is 0.314. The minimum atomic E-state index is -3.51. The quantitative estimate of drug-likeness (QED) is 0.772. The molecule has 0 unspecified atom stereocenters. The molecular formula is C16H18BrNO2S. The summed E-state index contributed by atoms with van der Waals surface area (Å²) < 4.78 is 27.8. The van der Waals surface area contributed by atoms with E-state index < -0.39 is 10.0 Å². The molecule has 0 amide bonds. The van der Waals surface area contributed by atoms with Crippen LogP contribution in [0.4, 0.5) is 0 Å². The van der Waals surface area contributed by atoms with Crippen molar-refractivity contribution in [1.82, 2.24) is 4.31 Å². The van der Waals surface area contributed by atoms with Crippen molar-refractivity contribution in [1.29, 1.82) is 0 Å². The Hall–Kier alpha value is -1.17. The summed E-state index contributed by atoms with van der Waals surface area (Å²) in [7, 11) is -3.51. The summed E-state index contributed by atoms with van der Waals surface area (Å²) in [5.74, 6) is 0. The monoisotopic (exact) mass is 367 g/mol. The van der Waals surface area contributed by atoms with Crippen LogP contribution in [0.25, 0.3) is 0 Å². The normalized spacial score (nSPS) is 11.8. The first-order valence-corrected chi connectivity index (χ1v) is 9.07. The largest absolute Gasteiger partial charge is 0.244 e. The van der Waals surface area contributed by atoms with Crippen LogP contribution in [-0.4, -0.2) is 19.3 Å². The van der Waals surface area contributed by atoms with Crippen LogP contribution in [0.3, 0.4) is 0 Å². The molecule has 3 nitrogen and oxygen atoms in total. The van der Waals surface area contributed by atoms with Gasteiger partial charge in [-0.05, 0) is 40.0 Å². The Labute approximate surface area is 134 Å². The second-order valence-electron chi connectivity index (χ2n) is 4.75. The van der Waals surface area contributed by atoms with E-state index in [2.05, 4.69) is 15.9 Å². The molecule has 0 bridgehead atoms. The van der Waals surface area contributed by atoms with Crippen molar-refractivity contribution < 1.29 is 8.42 Å². The molecular weight excluding hydrogens is 350 g/mol. The molecule has 0 aliphatic rings. The molecule has 5 heteroatoms. The van der Waals surface area contributed by atoms with Crippen LogP contribution in [0.2, 0.25) is 0 Å². The van der Waals surface area contributed by atoms with Gasteiger partial charge >= 0.3 is 0 Å². The smallest absolute Gasteiger partial charge is 0.207 e. The Bertz CT molecular complexity index is 686. The van der Waals surface area contributed by atoms with Crippen molar-refractivity contribution >= 4 is 26.0 Å². The maximum Gasteiger partial charge on any atom is 0.244 e. The van der Waals surface area contributed by atoms with Crippen LogP contribution in [0.1, 0.15) is 18.9 Å². The van der Waals surface area contributed by atoms with Crippen LogP contribution in [0.15, 0.2) is 64.0 Å². The molecule has 0 radical (unpaired) electrons. The summed E-state index contributed by atoms with van der Waals surface area (Å²) >= 11 is 3.33. The number of hydrogen-bond acceptors (Lipinski definition) is 2. The number of rotatable bonds is 6. The zero-order chi connectivity index (χ0) is 15.3. The highest BCUT2D eigenvalue weighted by Crippen LogP contribution is 2.26. The van der Waals surface area contributed by atoms with Crippen LogP contribution in [0.5, 0.6) is 0 Å². The lowest BCUT2D eigenvalue weighted by atomic mass is 10.2. The van der Waals surface area contributed by atoms with Crippen molar-refractivity contribution in [2.24, 2.45) is 0 Å². The minimum Gasteiger partial charge on any atom is -0.207 e. The predicted molar refractivity (Wildman–Crippen MR) is 88.5 cm³/mol. The van der Waals surface area contributed by atoms with Gasteiger partial charge < -0.3 is 0 Å². The van der Waals surface area contributed by atoms with Crippen LogP contribution in [0, 0.1) is 0 Å². The van der Waals surface area contributed by atoms with Gasteiger partial charge in [0.2, 0.25) is 10.0 Å². The summed E-state index contributed by atoms with van der Waals surface area (Å²) in [6.45, 7) is 2.87. The van der Waals surface area contributed by atoms with Gasteiger partial charge in [-0.15, -0.1) is 0 Å². The standard InChI is InChI=1S/C16H18BrNO2S/c1-2-12-18(13-14-8-4-3-5-9-14)21(19,20)16-11-7-6-10-15(16)17/h3-11H,2,12-13H2,1H3. The Kier molecular flexibility index (Phi) is 5.56. The van der Waals surface area contributed by atoms with Gasteiger partial charge in [0.1, 0.15) is 0 Å². The molecule has 0 N–H and O–H groups in total. The molecule has 0 saturated carbocycles. The predicted octanol–water partition coefficient (Wildman–Crippen LogP) is 4.05. The van der Waals surface area contributed by atoms with E-state index in [1.54, 1.807) is 18.2 Å². The highest BCUT2D eigenvalue weighted by atomic mass is 79.9. The van der Waals surface area contributed by atoms with Crippen molar-refractivity contribution in [3.8, 4) is 0 Å². The molecule has 0 spiro atoms. The summed E-state index contributed by atoms with van der Waals surface area (Å²) in [6, 6.07) is 16.6. The van der Waals surface area contributed by atoms with E-state index >= 15 is 0 Å². The van der Waals surface area contributed by atoms with Gasteiger partial charge in [-0.25, -0.2) is 8.42 Å². The molecule has 0 heterocycles. The van der Waals surface area contributed by atoms with Gasteiger partial charge in [0, 0.05) is 17.6 Å². The molecule has 21 heavy (non-hydrogen) atoms. The maximum atomic E-state index is 12.8. The zero-order valence-corrected chi connectivity index (χ0v) is 14.3. The van der Waals surface area contributed by atoms with E-state index in [4.69, 9.17) is 0 Å². The van der Waals surface area contributed by atoms with Gasteiger partial charge in [0.15, 0.2) is 0 Å². The lowest BCUT2D eigenvalue weighted by Gasteiger charge is -2.22. The SMILES string of the molecule is CCCN(Cc1ccccc1)S(=O)(=O)c1ccccc1Br. The van der Waals surface area contributed by atoms with Gasteiger partial charge in [-0.3, -0.25) is 0 Å². The molecule has 2 rings (SSSR count). The molecule has 0 fully saturated rings. The van der Waals surface area contributed by atoms with Crippen molar-refractivity contribution in [3.63, 3.8) is 0 Å². The number of benzene rings is 2. The topological polar surface area (TPSA) is 37.4 Å². The third kappa shape index (κ3) is 3.93. The fraction of sp³-hybridized carbons (Fsp3) is 0.250. The van der Waals surface area contributed by atoms with Gasteiger partial charge in [-0.1, -0.05) is 49.4 Å². The van der Waals surface area contributed by atoms with E-state index in [-0.39, 0.29) is 0 Å². The lowest BCUT2D eigenvalue weighted by molar-refractivity contribution is 0.405. The molecule has 2 aromatic rings. The Morgan fingerprint density at radius 1 is 1.00 bits per heavy atom. The first kappa shape index (κ1) is 16.2. The average molecular weight is 368 g/mol. The second kappa shape index (κ2) is 7.20. The molecule has 112 valence electrons. The fourth-order valence-electron chi connectivity index (χ4n) is 2.11. The molecule has 0 saturated heterocycles. The van der Waals surface area contributed by atoms with Crippen LogP contribution >= 0.6 is 15.9 Å². The number of halogens is 1. The first-order valence-electron chi connectivity index (χ1n) is 6.84. The summed E-state index contributed by atoms with van der Waals surface area (Å²) in [5.41, 5.74) is 0.988. The lowest BCUT2D eigenvalue weighted by Crippen LogP contribution is -2.31. The van der Waals surface area contributed by atoms with Crippen molar-refractivity contribution in [2.75, 3.05) is 6.54 Å². The minimum absolute atomic E-state index is 0.314. The van der Waals surface area contributed by atoms with Gasteiger partial charge in [0.25, 0.3) is 0 Å². The fourth-order valence-corrected chi connectivity index (χ4v) is 4.60. The van der Waals surface area contributed by atoms with Crippen LogP contribution < -0.4 is 0 Å². The molecule has 0 aromatic heterocycles. The number of sulfonamides is 1. The third-order valence-electron chi connectivity index (χ3n) is 3.13. The maximum absolute atomic E-state index is 12.8. The molecule has 0 aliphatic carbocycles. The third-order valence-corrected chi connectivity index (χ3v) is 5.99. The van der Waals surface area contributed by atoms with Crippen LogP contribution in [-0.2, 0) is 16.6 Å². The zero-order valence-electron chi connectivity index (χ0n) is 11.9. The molecule has 0 atom stereocenters. The number of hydrogen-bond donors (Lipinski definition) is 0. The molecule has 2 aromatic carbocycles. The first-order chi connectivity index (χ1) is 10.1. The van der Waals surface area contributed by atoms with E-state index in [1.807, 2.05) is 43.3 Å². The average Bonchev–Trinajstić information content (AvgIpc) is 2.48. The van der Waals surface area contributed by atoms with Crippen molar-refractivity contribution in [2.45, 2.75) is 24.8 Å². The van der Waals surface area contributed by atoms with E-state index in [0.717, 1.165) is 12.0 Å². The van der Waals surface area contributed by atoms with E-state index in [9.17, 15) is 8.42 Å². The summed E-state index contributed by atoms with van der Waals surface area (Å²) in [5, 5.41) is 0. The van der Waals surface area contributed by atoms with E-state index in [1.165, 1.54) is 4.31 Å². The molecule has 0 aliphatic heterocycles. The van der Waals surface area contributed by atoms with Gasteiger partial charge in [0.05, 0.1) is 4.90 Å². The highest BCUT2D eigenvalue weighted by Gasteiger charge is 2.25. The Morgan fingerprint density at radius 2 is 1.62 bits per heavy atom. The second-order valence-corrected chi connectivity index (χ2v) is 7.52. The van der Waals surface area contributed by atoms with Gasteiger partial charge in [-0.2, -0.15) is 4.31 Å². The Morgan fingerprint density at radius 3 is 2.24 bits per heavy atom. The van der Waals surface area contributed by atoms with Crippen molar-refractivity contribution in [3.05, 3.63) is 64.6 Å². The highest BCUT2D eigenvalue weighted by molar-refractivity contribution is 9.10.